The van der Waals surface area contributed by atoms with E-state index in [4.69, 9.17) is 20.9 Å². The predicted octanol–water partition coefficient (Wildman–Crippen LogP) is 3.30. The van der Waals surface area contributed by atoms with E-state index < -0.39 is 6.10 Å². The lowest BCUT2D eigenvalue weighted by Gasteiger charge is -2.25. The Labute approximate surface area is 139 Å². The van der Waals surface area contributed by atoms with E-state index in [1.807, 2.05) is 30.0 Å². The highest BCUT2D eigenvalue weighted by atomic mass is 35.5. The van der Waals surface area contributed by atoms with Gasteiger partial charge >= 0.3 is 0 Å². The summed E-state index contributed by atoms with van der Waals surface area (Å²) < 4.78 is 11.0. The third-order valence-electron chi connectivity index (χ3n) is 4.50. The number of nitrogens with zero attached hydrogens (tertiary/aromatic N) is 2. The van der Waals surface area contributed by atoms with Crippen molar-refractivity contribution in [3.63, 3.8) is 0 Å². The molecule has 1 amide bonds. The second-order valence-corrected chi connectivity index (χ2v) is 6.55. The SMILES string of the molecule is Cc1cc([C@@H]2CCCN2C(=O)[C@H]2Cc3cc(Cl)ccc3O2)no1. The summed E-state index contributed by atoms with van der Waals surface area (Å²) in [6.07, 6.45) is 1.96. The minimum absolute atomic E-state index is 0.0143. The molecule has 0 radical (unpaired) electrons. The number of carbonyl (C=O) groups excluding carboxylic acids is 1. The van der Waals surface area contributed by atoms with Crippen molar-refractivity contribution < 1.29 is 14.1 Å². The highest BCUT2D eigenvalue weighted by molar-refractivity contribution is 6.30. The first-order chi connectivity index (χ1) is 11.1. The minimum Gasteiger partial charge on any atom is -0.480 e. The number of likely N-dealkylation sites (tertiary alicyclic amines) is 1. The Morgan fingerprint density at radius 1 is 1.39 bits per heavy atom. The molecule has 1 fully saturated rings. The normalized spacial score (nSPS) is 23.0. The molecule has 4 rings (SSSR count). The highest BCUT2D eigenvalue weighted by Gasteiger charge is 2.39. The van der Waals surface area contributed by atoms with Gasteiger partial charge in [-0.2, -0.15) is 0 Å². The number of ether oxygens (including phenoxy) is 1. The molecule has 0 aliphatic carbocycles. The summed E-state index contributed by atoms with van der Waals surface area (Å²) in [6.45, 7) is 2.59. The topological polar surface area (TPSA) is 55.6 Å². The predicted molar refractivity (Wildman–Crippen MR) is 84.5 cm³/mol. The molecule has 3 heterocycles. The Morgan fingerprint density at radius 3 is 3.04 bits per heavy atom. The van der Waals surface area contributed by atoms with Gasteiger partial charge in [-0.05, 0) is 43.5 Å². The van der Waals surface area contributed by atoms with Gasteiger partial charge in [-0.15, -0.1) is 0 Å². The Kier molecular flexibility index (Phi) is 3.53. The second-order valence-electron chi connectivity index (χ2n) is 6.11. The van der Waals surface area contributed by atoms with E-state index in [1.54, 1.807) is 6.07 Å². The zero-order chi connectivity index (χ0) is 16.0. The van der Waals surface area contributed by atoms with E-state index in [0.717, 1.165) is 42.2 Å². The molecule has 6 heteroatoms. The first kappa shape index (κ1) is 14.6. The quantitative estimate of drug-likeness (QED) is 0.846. The molecule has 0 spiro atoms. The van der Waals surface area contributed by atoms with Gasteiger partial charge in [0.15, 0.2) is 6.10 Å². The molecular formula is C17H17ClN2O3. The number of amides is 1. The van der Waals surface area contributed by atoms with Gasteiger partial charge in [-0.1, -0.05) is 16.8 Å². The van der Waals surface area contributed by atoms with Gasteiger partial charge in [0.2, 0.25) is 0 Å². The number of halogens is 1. The molecule has 2 aliphatic rings. The van der Waals surface area contributed by atoms with E-state index >= 15 is 0 Å². The van der Waals surface area contributed by atoms with Crippen LogP contribution < -0.4 is 4.74 Å². The lowest BCUT2D eigenvalue weighted by atomic mass is 10.1. The fourth-order valence-electron chi connectivity index (χ4n) is 3.42. The molecule has 1 aromatic carbocycles. The number of benzene rings is 1. The zero-order valence-electron chi connectivity index (χ0n) is 12.8. The Hall–Kier alpha value is -2.01. The van der Waals surface area contributed by atoms with Crippen LogP contribution in [0.15, 0.2) is 28.8 Å². The average Bonchev–Trinajstić information content (AvgIpc) is 3.23. The van der Waals surface area contributed by atoms with Crippen molar-refractivity contribution in [2.45, 2.75) is 38.3 Å². The monoisotopic (exact) mass is 332 g/mol. The molecule has 23 heavy (non-hydrogen) atoms. The zero-order valence-corrected chi connectivity index (χ0v) is 13.5. The third kappa shape index (κ3) is 2.59. The average molecular weight is 333 g/mol. The molecule has 0 bridgehead atoms. The van der Waals surface area contributed by atoms with Crippen LogP contribution in [-0.4, -0.2) is 28.6 Å². The van der Waals surface area contributed by atoms with Gasteiger partial charge in [0.1, 0.15) is 17.2 Å². The second kappa shape index (κ2) is 5.57. The summed E-state index contributed by atoms with van der Waals surface area (Å²) in [5.74, 6) is 1.53. The number of hydrogen-bond donors (Lipinski definition) is 0. The molecule has 1 aromatic heterocycles. The fourth-order valence-corrected chi connectivity index (χ4v) is 3.62. The van der Waals surface area contributed by atoms with Gasteiger partial charge in [0.05, 0.1) is 6.04 Å². The van der Waals surface area contributed by atoms with Crippen molar-refractivity contribution in [2.24, 2.45) is 0 Å². The summed E-state index contributed by atoms with van der Waals surface area (Å²) in [7, 11) is 0. The highest BCUT2D eigenvalue weighted by Crippen LogP contribution is 2.36. The van der Waals surface area contributed by atoms with Crippen LogP contribution in [0.4, 0.5) is 0 Å². The minimum atomic E-state index is -0.475. The Balaban J connectivity index is 1.53. The Morgan fingerprint density at radius 2 is 2.26 bits per heavy atom. The van der Waals surface area contributed by atoms with Crippen LogP contribution in [-0.2, 0) is 11.2 Å². The maximum Gasteiger partial charge on any atom is 0.264 e. The van der Waals surface area contributed by atoms with Crippen molar-refractivity contribution in [3.05, 3.63) is 46.3 Å². The molecule has 120 valence electrons. The number of hydrogen-bond acceptors (Lipinski definition) is 4. The van der Waals surface area contributed by atoms with Crippen molar-refractivity contribution in [2.75, 3.05) is 6.54 Å². The van der Waals surface area contributed by atoms with Crippen molar-refractivity contribution in [1.82, 2.24) is 10.1 Å². The van der Waals surface area contributed by atoms with Crippen molar-refractivity contribution >= 4 is 17.5 Å². The van der Waals surface area contributed by atoms with Crippen LogP contribution in [0.1, 0.15) is 35.9 Å². The van der Waals surface area contributed by atoms with E-state index in [2.05, 4.69) is 5.16 Å². The molecule has 2 aromatic rings. The van der Waals surface area contributed by atoms with E-state index in [0.29, 0.717) is 11.4 Å². The third-order valence-corrected chi connectivity index (χ3v) is 4.73. The van der Waals surface area contributed by atoms with Gasteiger partial charge in [-0.3, -0.25) is 4.79 Å². The summed E-state index contributed by atoms with van der Waals surface area (Å²) in [6, 6.07) is 7.36. The van der Waals surface area contributed by atoms with Crippen molar-refractivity contribution in [1.29, 1.82) is 0 Å². The molecule has 0 saturated carbocycles. The largest absolute Gasteiger partial charge is 0.480 e. The number of aryl methyl sites for hydroxylation is 1. The molecule has 2 atom stereocenters. The van der Waals surface area contributed by atoms with E-state index in [9.17, 15) is 4.79 Å². The maximum atomic E-state index is 12.9. The maximum absolute atomic E-state index is 12.9. The summed E-state index contributed by atoms with van der Waals surface area (Å²) in [5.41, 5.74) is 1.82. The molecule has 0 unspecified atom stereocenters. The van der Waals surface area contributed by atoms with Crippen LogP contribution in [0.25, 0.3) is 0 Å². The first-order valence-electron chi connectivity index (χ1n) is 7.80. The smallest absolute Gasteiger partial charge is 0.264 e. The lowest BCUT2D eigenvalue weighted by molar-refractivity contribution is -0.139. The Bertz CT molecular complexity index is 758. The van der Waals surface area contributed by atoms with Crippen LogP contribution >= 0.6 is 11.6 Å². The van der Waals surface area contributed by atoms with Crippen molar-refractivity contribution in [3.8, 4) is 5.75 Å². The van der Waals surface area contributed by atoms with Crippen LogP contribution in [0.3, 0.4) is 0 Å². The first-order valence-corrected chi connectivity index (χ1v) is 8.18. The number of rotatable bonds is 2. The molecule has 0 N–H and O–H groups in total. The molecular weight excluding hydrogens is 316 g/mol. The summed E-state index contributed by atoms with van der Waals surface area (Å²) >= 11 is 6.01. The van der Waals surface area contributed by atoms with Gasteiger partial charge < -0.3 is 14.2 Å². The molecule has 2 aliphatic heterocycles. The lowest BCUT2D eigenvalue weighted by Crippen LogP contribution is -2.41. The van der Waals surface area contributed by atoms with E-state index in [-0.39, 0.29) is 11.9 Å². The number of fused-ring (bicyclic) bond motifs is 1. The summed E-state index contributed by atoms with van der Waals surface area (Å²) in [4.78, 5) is 14.8. The fraction of sp³-hybridized carbons (Fsp3) is 0.412. The van der Waals surface area contributed by atoms with Crippen LogP contribution in [0.2, 0.25) is 5.02 Å². The standard InChI is InChI=1S/C17H17ClN2O3/c1-10-7-13(19-23-10)14-3-2-6-20(14)17(21)16-9-11-8-12(18)4-5-15(11)22-16/h4-5,7-8,14,16H,2-3,6,9H2,1H3/t14-,16+/m0/s1. The number of aromatic nitrogens is 1. The molecule has 5 nitrogen and oxygen atoms in total. The van der Waals surface area contributed by atoms with Gasteiger partial charge in [0, 0.05) is 24.1 Å². The van der Waals surface area contributed by atoms with Gasteiger partial charge in [-0.25, -0.2) is 0 Å². The summed E-state index contributed by atoms with van der Waals surface area (Å²) in [5, 5.41) is 4.75. The van der Waals surface area contributed by atoms with E-state index in [1.165, 1.54) is 0 Å². The van der Waals surface area contributed by atoms with Gasteiger partial charge in [0.25, 0.3) is 5.91 Å². The van der Waals surface area contributed by atoms with Crippen LogP contribution in [0.5, 0.6) is 5.75 Å². The molecule has 1 saturated heterocycles. The van der Waals surface area contributed by atoms with Crippen LogP contribution in [0, 0.1) is 6.92 Å². The number of carbonyl (C=O) groups is 1.